The first-order valence-corrected chi connectivity index (χ1v) is 14.8. The number of Topliss-reactive ketones (excluding diaryl/α,β-unsaturated/α-hetero) is 1. The van der Waals surface area contributed by atoms with Crippen LogP contribution in [0.15, 0.2) is 134 Å². The number of hydrogen-bond donors (Lipinski definition) is 3. The second-order valence-corrected chi connectivity index (χ2v) is 11.2. The molecule has 7 rings (SSSR count). The molecule has 0 amide bonds. The molecular weight excluding hydrogens is 564 g/mol. The van der Waals surface area contributed by atoms with Crippen molar-refractivity contribution in [1.82, 2.24) is 24.8 Å². The third kappa shape index (κ3) is 4.78. The van der Waals surface area contributed by atoms with Gasteiger partial charge in [-0.15, -0.1) is 0 Å². The lowest BCUT2D eigenvalue weighted by Gasteiger charge is -2.40. The first kappa shape index (κ1) is 28.5. The van der Waals surface area contributed by atoms with Gasteiger partial charge >= 0.3 is 0 Å². The first-order chi connectivity index (χ1) is 22.1. The fraction of sp³-hybridized carbons (Fsp3) is 0.167. The van der Waals surface area contributed by atoms with Gasteiger partial charge in [0.2, 0.25) is 11.5 Å². The average molecular weight is 597 g/mol. The summed E-state index contributed by atoms with van der Waals surface area (Å²) in [6.07, 6.45) is 2.25. The molecule has 6 aromatic rings. The molecule has 45 heavy (non-hydrogen) atoms. The molecule has 2 aromatic heterocycles. The van der Waals surface area contributed by atoms with Crippen molar-refractivity contribution in [2.24, 2.45) is 0 Å². The Morgan fingerprint density at radius 3 is 1.91 bits per heavy atom. The zero-order valence-corrected chi connectivity index (χ0v) is 24.4. The van der Waals surface area contributed by atoms with Gasteiger partial charge in [0.05, 0.1) is 24.6 Å². The number of nitrogens with one attached hydrogen (secondary N) is 1. The van der Waals surface area contributed by atoms with Gasteiger partial charge < -0.3 is 15.6 Å². The Morgan fingerprint density at radius 1 is 0.844 bits per heavy atom. The number of ether oxygens (including phenoxy) is 1. The molecule has 1 fully saturated rings. The van der Waals surface area contributed by atoms with Gasteiger partial charge in [0, 0.05) is 18.0 Å². The number of aromatic nitrogens is 4. The summed E-state index contributed by atoms with van der Waals surface area (Å²) < 4.78 is 8.37. The zero-order chi connectivity index (χ0) is 30.9. The highest BCUT2D eigenvalue weighted by molar-refractivity contribution is 6.02. The van der Waals surface area contributed by atoms with E-state index in [0.717, 1.165) is 16.7 Å². The fourth-order valence-electron chi connectivity index (χ4n) is 6.55. The van der Waals surface area contributed by atoms with Crippen molar-refractivity contribution in [2.75, 3.05) is 12.3 Å². The van der Waals surface area contributed by atoms with Crippen molar-refractivity contribution in [3.8, 4) is 0 Å². The third-order valence-electron chi connectivity index (χ3n) is 8.64. The Hall–Kier alpha value is -5.22. The highest BCUT2D eigenvalue weighted by Crippen LogP contribution is 2.44. The molecule has 0 unspecified atom stereocenters. The van der Waals surface area contributed by atoms with E-state index in [2.05, 4.69) is 56.7 Å². The summed E-state index contributed by atoms with van der Waals surface area (Å²) in [6.45, 7) is -0.334. The van der Waals surface area contributed by atoms with E-state index in [1.165, 1.54) is 12.7 Å². The van der Waals surface area contributed by atoms with Crippen molar-refractivity contribution < 1.29 is 14.6 Å². The van der Waals surface area contributed by atoms with Crippen LogP contribution < -0.4 is 11.1 Å². The molecule has 0 bridgehead atoms. The summed E-state index contributed by atoms with van der Waals surface area (Å²) in [7, 11) is 0. The molecule has 4 N–H and O–H groups in total. The van der Waals surface area contributed by atoms with Crippen molar-refractivity contribution >= 4 is 22.8 Å². The molecule has 3 heterocycles. The van der Waals surface area contributed by atoms with Crippen LogP contribution in [-0.4, -0.2) is 49.2 Å². The van der Waals surface area contributed by atoms with Gasteiger partial charge in [-0.3, -0.25) is 14.7 Å². The van der Waals surface area contributed by atoms with E-state index < -0.39 is 23.4 Å². The Labute approximate surface area is 260 Å². The number of hydrogen-bond acceptors (Lipinski definition) is 8. The Morgan fingerprint density at radius 2 is 1.38 bits per heavy atom. The van der Waals surface area contributed by atoms with Crippen LogP contribution in [0.5, 0.6) is 0 Å². The molecule has 9 nitrogen and oxygen atoms in total. The van der Waals surface area contributed by atoms with Gasteiger partial charge in [-0.1, -0.05) is 121 Å². The van der Waals surface area contributed by atoms with E-state index in [9.17, 15) is 9.90 Å². The third-order valence-corrected chi connectivity index (χ3v) is 8.64. The summed E-state index contributed by atoms with van der Waals surface area (Å²) in [5.74, 6) is -0.0873. The van der Waals surface area contributed by atoms with Gasteiger partial charge in [0.25, 0.3) is 0 Å². The molecule has 224 valence electrons. The standard InChI is InChI=1S/C36H32N6O3/c37-33-31-34(39-23-38-33)42(24-40-31)35(32(44)25-13-5-1-6-14-25)21-29(30(22-43)45-35)41-36(26-15-7-2-8-16-26,27-17-9-3-10-18-27)28-19-11-4-12-20-28/h1-20,23-24,29-30,41,43H,21-22H2,(H2,37,38,39)/t29-,30+,35-/m0/s1. The zero-order valence-electron chi connectivity index (χ0n) is 24.4. The van der Waals surface area contributed by atoms with Crippen molar-refractivity contribution in [3.63, 3.8) is 0 Å². The number of carbonyl (C=O) groups excluding carboxylic acids is 1. The minimum absolute atomic E-state index is 0.162. The largest absolute Gasteiger partial charge is 0.394 e. The number of aliphatic hydroxyl groups is 1. The van der Waals surface area contributed by atoms with Gasteiger partial charge in [-0.05, 0) is 16.7 Å². The SMILES string of the molecule is Nc1ncnc2c1ncn2[C@@]1(C(=O)c2ccccc2)C[C@H](NC(c2ccccc2)(c2ccccc2)c2ccccc2)[C@@H](CO)O1. The Balaban J connectivity index is 1.42. The number of nitrogens with two attached hydrogens (primary N) is 1. The highest BCUT2D eigenvalue weighted by atomic mass is 16.5. The van der Waals surface area contributed by atoms with E-state index in [1.54, 1.807) is 16.7 Å². The number of ketones is 1. The van der Waals surface area contributed by atoms with Gasteiger partial charge in [-0.2, -0.15) is 0 Å². The molecule has 4 aromatic carbocycles. The molecule has 3 atom stereocenters. The summed E-state index contributed by atoms with van der Waals surface area (Å²) in [6, 6.07) is 39.0. The minimum atomic E-state index is -1.60. The summed E-state index contributed by atoms with van der Waals surface area (Å²) >= 11 is 0. The monoisotopic (exact) mass is 596 g/mol. The van der Waals surface area contributed by atoms with Gasteiger partial charge in [-0.25, -0.2) is 15.0 Å². The lowest BCUT2D eigenvalue weighted by atomic mass is 9.76. The number of fused-ring (bicyclic) bond motifs is 1. The molecule has 0 saturated carbocycles. The molecular formula is C36H32N6O3. The number of imidazole rings is 1. The lowest BCUT2D eigenvalue weighted by molar-refractivity contribution is -0.0835. The minimum Gasteiger partial charge on any atom is -0.394 e. The number of anilines is 1. The number of aliphatic hydroxyl groups excluding tert-OH is 1. The highest BCUT2D eigenvalue weighted by Gasteiger charge is 2.56. The maximum Gasteiger partial charge on any atom is 0.215 e. The van der Waals surface area contributed by atoms with E-state index in [1.807, 2.05) is 72.8 Å². The van der Waals surface area contributed by atoms with Crippen LogP contribution in [0.25, 0.3) is 11.2 Å². The maximum atomic E-state index is 14.6. The number of carbonyl (C=O) groups is 1. The van der Waals surface area contributed by atoms with Crippen LogP contribution >= 0.6 is 0 Å². The van der Waals surface area contributed by atoms with Crippen LogP contribution in [-0.2, 0) is 16.0 Å². The molecule has 9 heteroatoms. The van der Waals surface area contributed by atoms with E-state index >= 15 is 0 Å². The Bertz CT molecular complexity index is 1820. The Kier molecular flexibility index (Phi) is 7.42. The van der Waals surface area contributed by atoms with Crippen LogP contribution in [0, 0.1) is 0 Å². The van der Waals surface area contributed by atoms with Crippen molar-refractivity contribution in [1.29, 1.82) is 0 Å². The van der Waals surface area contributed by atoms with E-state index in [-0.39, 0.29) is 24.6 Å². The predicted octanol–water partition coefficient (Wildman–Crippen LogP) is 4.68. The van der Waals surface area contributed by atoms with Crippen LogP contribution in [0.1, 0.15) is 33.5 Å². The molecule has 1 aliphatic rings. The van der Waals surface area contributed by atoms with Crippen LogP contribution in [0.3, 0.4) is 0 Å². The smallest absolute Gasteiger partial charge is 0.215 e. The van der Waals surface area contributed by atoms with Gasteiger partial charge in [0.1, 0.15) is 11.8 Å². The topological polar surface area (TPSA) is 128 Å². The predicted molar refractivity (Wildman–Crippen MR) is 171 cm³/mol. The maximum absolute atomic E-state index is 14.6. The summed E-state index contributed by atoms with van der Waals surface area (Å²) in [5, 5.41) is 14.8. The molecule has 1 saturated heterocycles. The molecule has 0 radical (unpaired) electrons. The van der Waals surface area contributed by atoms with Crippen molar-refractivity contribution in [3.05, 3.63) is 156 Å². The van der Waals surface area contributed by atoms with Gasteiger partial charge in [0.15, 0.2) is 11.5 Å². The lowest BCUT2D eigenvalue weighted by Crippen LogP contribution is -2.53. The molecule has 1 aliphatic heterocycles. The number of rotatable bonds is 9. The quantitative estimate of drug-likeness (QED) is 0.162. The molecule has 0 aliphatic carbocycles. The first-order valence-electron chi connectivity index (χ1n) is 14.8. The second-order valence-electron chi connectivity index (χ2n) is 11.2. The summed E-state index contributed by atoms with van der Waals surface area (Å²) in [4.78, 5) is 27.6. The normalized spacial score (nSPS) is 19.9. The number of nitrogen functional groups attached to an aromatic ring is 1. The van der Waals surface area contributed by atoms with Crippen LogP contribution in [0.4, 0.5) is 5.82 Å². The van der Waals surface area contributed by atoms with E-state index in [4.69, 9.17) is 10.5 Å². The van der Waals surface area contributed by atoms with E-state index in [0.29, 0.717) is 16.7 Å². The average Bonchev–Trinajstić information content (AvgIpc) is 3.72. The summed E-state index contributed by atoms with van der Waals surface area (Å²) in [5.41, 5.74) is 7.88. The van der Waals surface area contributed by atoms with Crippen molar-refractivity contribution in [2.45, 2.75) is 29.8 Å². The van der Waals surface area contributed by atoms with Crippen LogP contribution in [0.2, 0.25) is 0 Å². The fourth-order valence-corrected chi connectivity index (χ4v) is 6.55. The number of benzene rings is 4. The molecule has 0 spiro atoms. The second kappa shape index (κ2) is 11.7. The number of nitrogens with zero attached hydrogens (tertiary/aromatic N) is 4.